The Hall–Kier alpha value is -5.80. The summed E-state index contributed by atoms with van der Waals surface area (Å²) in [7, 11) is 0. The van der Waals surface area contributed by atoms with Crippen LogP contribution in [-0.2, 0) is 12.0 Å². The molecule has 4 aromatic carbocycles. The second-order valence-corrected chi connectivity index (χ2v) is 12.8. The van der Waals surface area contributed by atoms with Crippen LogP contribution in [0.2, 0.25) is 0 Å². The normalized spacial score (nSPS) is 21.2. The molecule has 0 heterocycles. The molecule has 4 heteroatoms. The zero-order valence-corrected chi connectivity index (χ0v) is 29.9. The summed E-state index contributed by atoms with van der Waals surface area (Å²) in [6.45, 7) is 11.4. The van der Waals surface area contributed by atoms with Gasteiger partial charge in [-0.2, -0.15) is 0 Å². The third-order valence-electron chi connectivity index (χ3n) is 9.50. The van der Waals surface area contributed by atoms with Crippen LogP contribution in [0.5, 0.6) is 0 Å². The van der Waals surface area contributed by atoms with Gasteiger partial charge in [0.2, 0.25) is 0 Å². The first kappa shape index (κ1) is 37.5. The summed E-state index contributed by atoms with van der Waals surface area (Å²) < 4.78 is 0. The first-order chi connectivity index (χ1) is 25.4. The van der Waals surface area contributed by atoms with E-state index in [1.807, 2.05) is 55.5 Å². The van der Waals surface area contributed by atoms with E-state index in [0.29, 0.717) is 6.54 Å². The minimum Gasteiger partial charge on any atom is -0.326 e. The van der Waals surface area contributed by atoms with Crippen molar-refractivity contribution in [1.82, 2.24) is 0 Å². The number of hydrogen-bond donors (Lipinski definition) is 4. The molecule has 0 amide bonds. The van der Waals surface area contributed by atoms with Gasteiger partial charge in [0.15, 0.2) is 0 Å². The van der Waals surface area contributed by atoms with Gasteiger partial charge >= 0.3 is 0 Å². The highest BCUT2D eigenvalue weighted by atomic mass is 15.0. The Labute approximate surface area is 309 Å². The summed E-state index contributed by atoms with van der Waals surface area (Å²) in [4.78, 5) is 0. The number of rotatable bonds is 5. The molecule has 0 aliphatic heterocycles. The molecule has 2 unspecified atom stereocenters. The molecule has 0 radical (unpaired) electrons. The molecule has 0 bridgehead atoms. The van der Waals surface area contributed by atoms with Gasteiger partial charge in [-0.1, -0.05) is 147 Å². The number of fused-ring (bicyclic) bond motifs is 3. The fourth-order valence-corrected chi connectivity index (χ4v) is 6.86. The predicted molar refractivity (Wildman–Crippen MR) is 220 cm³/mol. The number of allylic oxidation sites excluding steroid dienone is 10. The van der Waals surface area contributed by atoms with Gasteiger partial charge in [-0.25, -0.2) is 0 Å². The van der Waals surface area contributed by atoms with Crippen molar-refractivity contribution in [3.63, 3.8) is 0 Å². The van der Waals surface area contributed by atoms with Gasteiger partial charge in [-0.05, 0) is 98.9 Å². The molecular formula is C48H48N4. The SMILES string of the molecule is C=C1/C=C(/c2ccccc2)C/C=C2\C(=C/C1=C)c1ccccc1C2(C1=C=CC1)c1ccccc1.CC(N)C1=C=CC=C1.NCc1ccccc1.NN. The van der Waals surface area contributed by atoms with E-state index in [4.69, 9.17) is 11.5 Å². The highest BCUT2D eigenvalue weighted by Crippen LogP contribution is 2.59. The van der Waals surface area contributed by atoms with Crippen LogP contribution < -0.4 is 23.2 Å². The molecular weight excluding hydrogens is 633 g/mol. The zero-order valence-electron chi connectivity index (χ0n) is 29.9. The van der Waals surface area contributed by atoms with Crippen molar-refractivity contribution in [1.29, 1.82) is 0 Å². The molecule has 4 aromatic rings. The van der Waals surface area contributed by atoms with Crippen molar-refractivity contribution in [3.05, 3.63) is 238 Å². The molecule has 8 N–H and O–H groups in total. The molecule has 4 nitrogen and oxygen atoms in total. The molecule has 0 saturated carbocycles. The van der Waals surface area contributed by atoms with Crippen LogP contribution in [0.3, 0.4) is 0 Å². The van der Waals surface area contributed by atoms with Crippen molar-refractivity contribution in [3.8, 4) is 0 Å². The lowest BCUT2D eigenvalue weighted by molar-refractivity contribution is 0.713. The monoisotopic (exact) mass is 680 g/mol. The van der Waals surface area contributed by atoms with Crippen LogP contribution >= 0.6 is 0 Å². The lowest BCUT2D eigenvalue weighted by atomic mass is 9.64. The quantitative estimate of drug-likeness (QED) is 0.0958. The Morgan fingerprint density at radius 1 is 0.750 bits per heavy atom. The van der Waals surface area contributed by atoms with Crippen LogP contribution in [0.25, 0.3) is 11.1 Å². The van der Waals surface area contributed by atoms with E-state index < -0.39 is 0 Å². The van der Waals surface area contributed by atoms with Crippen LogP contribution in [0, 0.1) is 0 Å². The Balaban J connectivity index is 0.000000238. The maximum Gasteiger partial charge on any atom is 0.0747 e. The van der Waals surface area contributed by atoms with Gasteiger partial charge in [0.1, 0.15) is 0 Å². The summed E-state index contributed by atoms with van der Waals surface area (Å²) in [5.41, 5.74) is 31.6. The first-order valence-electron chi connectivity index (χ1n) is 17.6. The molecule has 0 aromatic heterocycles. The van der Waals surface area contributed by atoms with E-state index >= 15 is 0 Å². The van der Waals surface area contributed by atoms with E-state index in [-0.39, 0.29) is 11.5 Å². The Morgan fingerprint density at radius 2 is 1.35 bits per heavy atom. The van der Waals surface area contributed by atoms with Gasteiger partial charge in [-0.3, -0.25) is 11.7 Å². The maximum absolute atomic E-state index is 5.53. The summed E-state index contributed by atoms with van der Waals surface area (Å²) in [5.74, 6) is 8.00. The van der Waals surface area contributed by atoms with E-state index in [9.17, 15) is 0 Å². The van der Waals surface area contributed by atoms with Crippen molar-refractivity contribution in [2.24, 2.45) is 23.2 Å². The van der Waals surface area contributed by atoms with Crippen LogP contribution in [0.15, 0.2) is 210 Å². The average molecular weight is 681 g/mol. The third kappa shape index (κ3) is 8.05. The molecule has 0 spiro atoms. The van der Waals surface area contributed by atoms with Gasteiger partial charge < -0.3 is 11.5 Å². The standard InChI is InChI=1S/C34H26.2C7H9N.H4N2/c1-24-22-27(26-12-5-3-6-13-26)20-21-33-31(23-25(24)2)30-18-9-10-19-32(30)34(33,29-16-11-17-29)28-14-7-4-8-15-28;1-6(8)7-4-2-3-5-7;8-6-7-4-2-1-3-5-7;1-2/h3-15,18-19,21-23H,1-2,16,20H2;2-4,6H,8H2,1H3;1-5H,6,8H2;1-2H2/b27-22+,31-23-,33-21+;;;. The van der Waals surface area contributed by atoms with Crippen LogP contribution in [-0.4, -0.2) is 6.04 Å². The smallest absolute Gasteiger partial charge is 0.0747 e. The lowest BCUT2D eigenvalue weighted by Gasteiger charge is -2.36. The number of nitrogens with two attached hydrogens (primary N) is 4. The van der Waals surface area contributed by atoms with Gasteiger partial charge in [0.25, 0.3) is 0 Å². The third-order valence-corrected chi connectivity index (χ3v) is 9.50. The second kappa shape index (κ2) is 17.9. The van der Waals surface area contributed by atoms with E-state index in [1.165, 1.54) is 50.1 Å². The molecule has 2 atom stereocenters. The molecule has 0 saturated heterocycles. The number of benzene rings is 4. The fourth-order valence-electron chi connectivity index (χ4n) is 6.86. The Morgan fingerprint density at radius 3 is 1.88 bits per heavy atom. The maximum atomic E-state index is 5.53. The topological polar surface area (TPSA) is 104 Å². The van der Waals surface area contributed by atoms with Crippen molar-refractivity contribution in [2.45, 2.75) is 37.8 Å². The highest BCUT2D eigenvalue weighted by Gasteiger charge is 2.49. The average Bonchev–Trinajstić information content (AvgIpc) is 3.82. The largest absolute Gasteiger partial charge is 0.326 e. The second-order valence-electron chi connectivity index (χ2n) is 12.8. The zero-order chi connectivity index (χ0) is 36.9. The summed E-state index contributed by atoms with van der Waals surface area (Å²) >= 11 is 0. The first-order valence-corrected chi connectivity index (χ1v) is 17.6. The van der Waals surface area contributed by atoms with Gasteiger partial charge in [0.05, 0.1) is 5.41 Å². The minimum absolute atomic E-state index is 0.130. The van der Waals surface area contributed by atoms with Crippen LogP contribution in [0.4, 0.5) is 0 Å². The van der Waals surface area contributed by atoms with E-state index in [2.05, 4.69) is 146 Å². The van der Waals surface area contributed by atoms with E-state index in [1.54, 1.807) is 0 Å². The summed E-state index contributed by atoms with van der Waals surface area (Å²) in [5, 5.41) is 0. The Kier molecular flexibility index (Phi) is 12.9. The number of hydrogen-bond acceptors (Lipinski definition) is 4. The summed E-state index contributed by atoms with van der Waals surface area (Å²) in [6, 6.07) is 40.5. The molecule has 260 valence electrons. The summed E-state index contributed by atoms with van der Waals surface area (Å²) in [6.07, 6.45) is 16.6. The lowest BCUT2D eigenvalue weighted by Crippen LogP contribution is -2.30. The molecule has 0 fully saturated rings. The minimum atomic E-state index is -0.341. The molecule has 4 aliphatic rings. The molecule has 52 heavy (non-hydrogen) atoms. The molecule has 8 rings (SSSR count). The van der Waals surface area contributed by atoms with Crippen molar-refractivity contribution in [2.75, 3.05) is 0 Å². The fraction of sp³-hybridized carbons (Fsp3) is 0.125. The van der Waals surface area contributed by atoms with Crippen LogP contribution in [0.1, 0.15) is 47.6 Å². The Bertz CT molecular complexity index is 2150. The predicted octanol–water partition coefficient (Wildman–Crippen LogP) is 9.33. The highest BCUT2D eigenvalue weighted by molar-refractivity contribution is 5.96. The molecule has 4 aliphatic carbocycles. The van der Waals surface area contributed by atoms with E-state index in [0.717, 1.165) is 29.6 Å². The van der Waals surface area contributed by atoms with Crippen molar-refractivity contribution < 1.29 is 0 Å². The van der Waals surface area contributed by atoms with Gasteiger partial charge in [-0.15, -0.1) is 11.5 Å². The van der Waals surface area contributed by atoms with Crippen molar-refractivity contribution >= 4 is 11.1 Å². The van der Waals surface area contributed by atoms with Gasteiger partial charge in [0, 0.05) is 24.6 Å². The number of hydrazine groups is 1.